The Morgan fingerprint density at radius 2 is 1.65 bits per heavy atom. The molecule has 5 rings (SSSR count). The topological polar surface area (TPSA) is 90.7 Å². The molecule has 0 radical (unpaired) electrons. The molecule has 4 aromatic rings. The fourth-order valence-corrected chi connectivity index (χ4v) is 5.50. The fourth-order valence-electron chi connectivity index (χ4n) is 4.32. The number of ether oxygens (including phenoxy) is 3. The summed E-state index contributed by atoms with van der Waals surface area (Å²) in [4.78, 5) is 15.1. The van der Waals surface area contributed by atoms with E-state index < -0.39 is 0 Å². The number of thioether (sulfide) groups is 1. The lowest BCUT2D eigenvalue weighted by atomic mass is 10.2. The number of carbonyl (C=O) groups excluding carboxylic acids is 1. The summed E-state index contributed by atoms with van der Waals surface area (Å²) in [6.45, 7) is 3.14. The number of benzene rings is 3. The van der Waals surface area contributed by atoms with Crippen molar-refractivity contribution >= 4 is 52.2 Å². The minimum atomic E-state index is -0.173. The van der Waals surface area contributed by atoms with Crippen LogP contribution in [0.25, 0.3) is 17.1 Å². The molecule has 1 amide bonds. The summed E-state index contributed by atoms with van der Waals surface area (Å²) >= 11 is 14.0. The molecule has 12 heteroatoms. The molecule has 40 heavy (non-hydrogen) atoms. The molecule has 3 aromatic carbocycles. The van der Waals surface area contributed by atoms with Gasteiger partial charge in [0.1, 0.15) is 11.5 Å². The highest BCUT2D eigenvalue weighted by molar-refractivity contribution is 7.99. The molecule has 1 aliphatic heterocycles. The zero-order valence-electron chi connectivity index (χ0n) is 21.9. The van der Waals surface area contributed by atoms with E-state index in [1.807, 2.05) is 34.9 Å². The zero-order chi connectivity index (χ0) is 28.1. The van der Waals surface area contributed by atoms with Gasteiger partial charge in [-0.05, 0) is 60.7 Å². The van der Waals surface area contributed by atoms with E-state index >= 15 is 0 Å². The molecule has 1 N–H and O–H groups in total. The first-order chi connectivity index (χ1) is 19.5. The molecule has 0 bridgehead atoms. The molecule has 0 spiro atoms. The lowest BCUT2D eigenvalue weighted by molar-refractivity contribution is -0.113. The van der Waals surface area contributed by atoms with Gasteiger partial charge in [0.05, 0.1) is 49.5 Å². The average molecular weight is 601 g/mol. The largest absolute Gasteiger partial charge is 0.496 e. The van der Waals surface area contributed by atoms with Crippen LogP contribution in [0.2, 0.25) is 10.0 Å². The van der Waals surface area contributed by atoms with Crippen molar-refractivity contribution in [2.75, 3.05) is 56.5 Å². The van der Waals surface area contributed by atoms with E-state index in [2.05, 4.69) is 20.4 Å². The van der Waals surface area contributed by atoms with Gasteiger partial charge in [-0.2, -0.15) is 0 Å². The molecule has 0 aliphatic carbocycles. The van der Waals surface area contributed by atoms with Crippen molar-refractivity contribution in [3.63, 3.8) is 0 Å². The third kappa shape index (κ3) is 6.31. The van der Waals surface area contributed by atoms with Crippen LogP contribution in [-0.4, -0.2) is 66.9 Å². The molecule has 208 valence electrons. The monoisotopic (exact) mass is 599 g/mol. The van der Waals surface area contributed by atoms with Gasteiger partial charge in [-0.25, -0.2) is 0 Å². The summed E-state index contributed by atoms with van der Waals surface area (Å²) in [5.74, 6) is 1.54. The number of morpholine rings is 1. The number of nitrogens with one attached hydrogen (secondary N) is 1. The number of rotatable bonds is 9. The Bertz CT molecular complexity index is 1490. The Kier molecular flexibility index (Phi) is 9.01. The number of hydrogen-bond acceptors (Lipinski definition) is 8. The molecule has 1 saturated heterocycles. The Morgan fingerprint density at radius 3 is 2.35 bits per heavy atom. The van der Waals surface area contributed by atoms with Crippen molar-refractivity contribution in [3.8, 4) is 28.6 Å². The maximum atomic E-state index is 12.9. The number of methoxy groups -OCH3 is 2. The third-order valence-electron chi connectivity index (χ3n) is 6.29. The maximum Gasteiger partial charge on any atom is 0.234 e. The van der Waals surface area contributed by atoms with Gasteiger partial charge in [-0.15, -0.1) is 10.2 Å². The Labute approximate surface area is 246 Å². The van der Waals surface area contributed by atoms with Crippen LogP contribution >= 0.6 is 35.0 Å². The highest BCUT2D eigenvalue weighted by atomic mass is 35.5. The summed E-state index contributed by atoms with van der Waals surface area (Å²) in [6.07, 6.45) is 0. The van der Waals surface area contributed by atoms with Gasteiger partial charge in [0.2, 0.25) is 5.91 Å². The molecule has 2 heterocycles. The average Bonchev–Trinajstić information content (AvgIpc) is 3.40. The fraction of sp³-hybridized carbons (Fsp3) is 0.250. The van der Waals surface area contributed by atoms with Crippen molar-refractivity contribution < 1.29 is 19.0 Å². The molecule has 0 saturated carbocycles. The maximum absolute atomic E-state index is 12.9. The highest BCUT2D eigenvalue weighted by Crippen LogP contribution is 2.37. The van der Waals surface area contributed by atoms with E-state index in [1.165, 1.54) is 11.8 Å². The standard InChI is InChI=1S/C28H27Cl2N5O4S/c1-37-24-9-3-18(29)15-22(24)27-32-33-28(35(27)21-8-10-25(38-2)23(30)16-21)40-17-26(36)31-19-4-6-20(7-5-19)34-11-13-39-14-12-34/h3-10,15-16H,11-14,17H2,1-2H3,(H,31,36). The summed E-state index contributed by atoms with van der Waals surface area (Å²) < 4.78 is 18.1. The molecular weight excluding hydrogens is 573 g/mol. The lowest BCUT2D eigenvalue weighted by Crippen LogP contribution is -2.36. The van der Waals surface area contributed by atoms with Gasteiger partial charge in [0.15, 0.2) is 11.0 Å². The SMILES string of the molecule is COc1ccc(-n2c(SCC(=O)Nc3ccc(N4CCOCC4)cc3)nnc2-c2cc(Cl)ccc2OC)cc1Cl. The van der Waals surface area contributed by atoms with E-state index in [1.54, 1.807) is 44.6 Å². The van der Waals surface area contributed by atoms with Crippen LogP contribution in [0.3, 0.4) is 0 Å². The van der Waals surface area contributed by atoms with Crippen LogP contribution in [0.1, 0.15) is 0 Å². The van der Waals surface area contributed by atoms with Crippen LogP contribution in [0.5, 0.6) is 11.5 Å². The van der Waals surface area contributed by atoms with Crippen molar-refractivity contribution in [1.82, 2.24) is 14.8 Å². The molecule has 9 nitrogen and oxygen atoms in total. The van der Waals surface area contributed by atoms with E-state index in [-0.39, 0.29) is 11.7 Å². The number of amides is 1. The van der Waals surface area contributed by atoms with Gasteiger partial charge >= 0.3 is 0 Å². The normalized spacial score (nSPS) is 13.2. The Balaban J connectivity index is 1.37. The first kappa shape index (κ1) is 28.1. The summed E-state index contributed by atoms with van der Waals surface area (Å²) in [6, 6.07) is 18.4. The number of nitrogens with zero attached hydrogens (tertiary/aromatic N) is 4. The van der Waals surface area contributed by atoms with Gasteiger partial charge in [-0.3, -0.25) is 9.36 Å². The quantitative estimate of drug-likeness (QED) is 0.240. The molecule has 1 aromatic heterocycles. The van der Waals surface area contributed by atoms with Crippen molar-refractivity contribution in [2.45, 2.75) is 5.16 Å². The minimum absolute atomic E-state index is 0.111. The molecule has 1 aliphatic rings. The molecule has 0 unspecified atom stereocenters. The number of carbonyl (C=O) groups is 1. The Morgan fingerprint density at radius 1 is 0.950 bits per heavy atom. The van der Waals surface area contributed by atoms with Crippen LogP contribution in [-0.2, 0) is 9.53 Å². The Hall–Kier alpha value is -3.44. The van der Waals surface area contributed by atoms with Gasteiger partial charge < -0.3 is 24.4 Å². The molecule has 1 fully saturated rings. The van der Waals surface area contributed by atoms with Gasteiger partial charge in [0, 0.05) is 29.5 Å². The second-order valence-electron chi connectivity index (χ2n) is 8.79. The highest BCUT2D eigenvalue weighted by Gasteiger charge is 2.21. The van der Waals surface area contributed by atoms with Crippen LogP contribution in [0.15, 0.2) is 65.8 Å². The smallest absolute Gasteiger partial charge is 0.234 e. The summed E-state index contributed by atoms with van der Waals surface area (Å²) in [7, 11) is 3.13. The van der Waals surface area contributed by atoms with Gasteiger partial charge in [0.25, 0.3) is 0 Å². The molecule has 0 atom stereocenters. The second-order valence-corrected chi connectivity index (χ2v) is 10.6. The van der Waals surface area contributed by atoms with Crippen molar-refractivity contribution in [1.29, 1.82) is 0 Å². The van der Waals surface area contributed by atoms with Crippen LogP contribution < -0.4 is 19.7 Å². The minimum Gasteiger partial charge on any atom is -0.496 e. The third-order valence-corrected chi connectivity index (χ3v) is 7.75. The van der Waals surface area contributed by atoms with E-state index in [0.29, 0.717) is 43.8 Å². The van der Waals surface area contributed by atoms with E-state index in [9.17, 15) is 4.79 Å². The number of aromatic nitrogens is 3. The van der Waals surface area contributed by atoms with E-state index in [4.69, 9.17) is 37.4 Å². The lowest BCUT2D eigenvalue weighted by Gasteiger charge is -2.28. The number of halogens is 2. The van der Waals surface area contributed by atoms with Crippen LogP contribution in [0.4, 0.5) is 11.4 Å². The van der Waals surface area contributed by atoms with Gasteiger partial charge in [-0.1, -0.05) is 35.0 Å². The summed E-state index contributed by atoms with van der Waals surface area (Å²) in [5.41, 5.74) is 3.15. The zero-order valence-corrected chi connectivity index (χ0v) is 24.2. The summed E-state index contributed by atoms with van der Waals surface area (Å²) in [5, 5.41) is 13.2. The first-order valence-corrected chi connectivity index (χ1v) is 14.2. The van der Waals surface area contributed by atoms with Crippen molar-refractivity contribution in [2.24, 2.45) is 0 Å². The predicted molar refractivity (Wildman–Crippen MR) is 159 cm³/mol. The second kappa shape index (κ2) is 12.8. The van der Waals surface area contributed by atoms with Crippen molar-refractivity contribution in [3.05, 3.63) is 70.7 Å². The predicted octanol–water partition coefficient (Wildman–Crippen LogP) is 5.83. The first-order valence-electron chi connectivity index (χ1n) is 12.5. The number of anilines is 2. The van der Waals surface area contributed by atoms with Crippen LogP contribution in [0, 0.1) is 0 Å². The molecular formula is C28H27Cl2N5O4S. The number of hydrogen-bond donors (Lipinski definition) is 1. The van der Waals surface area contributed by atoms with E-state index in [0.717, 1.165) is 37.7 Å².